The molecule has 0 saturated carbocycles. The van der Waals surface area contributed by atoms with Crippen molar-refractivity contribution in [3.05, 3.63) is 29.3 Å². The maximum Gasteiger partial charge on any atom is 0.251 e. The lowest BCUT2D eigenvalue weighted by atomic mass is 9.97. The third-order valence-electron chi connectivity index (χ3n) is 3.08. The van der Waals surface area contributed by atoms with Gasteiger partial charge in [-0.3, -0.25) is 4.79 Å². The predicted molar refractivity (Wildman–Crippen MR) is 79.3 cm³/mol. The summed E-state index contributed by atoms with van der Waals surface area (Å²) in [6.07, 6.45) is 2.05. The largest absolute Gasteiger partial charge is 0.385 e. The van der Waals surface area contributed by atoms with E-state index in [1.807, 2.05) is 25.1 Å². The molecular formula is C14H21ClN2O2. The summed E-state index contributed by atoms with van der Waals surface area (Å²) >= 11 is 0. The van der Waals surface area contributed by atoms with Gasteiger partial charge in [-0.1, -0.05) is 6.07 Å². The maximum atomic E-state index is 12.1. The molecule has 0 bridgehead atoms. The number of fused-ring (bicyclic) bond motifs is 1. The Hall–Kier alpha value is -1.26. The SMILES string of the molecule is CCOCCNC(=O)c1cccc2c1CCCN2.Cl. The van der Waals surface area contributed by atoms with Crippen LogP contribution >= 0.6 is 12.4 Å². The second-order valence-electron chi connectivity index (χ2n) is 4.31. The molecule has 0 unspecified atom stereocenters. The van der Waals surface area contributed by atoms with Crippen molar-refractivity contribution in [3.8, 4) is 0 Å². The maximum absolute atomic E-state index is 12.1. The first kappa shape index (κ1) is 15.8. The topological polar surface area (TPSA) is 50.4 Å². The number of hydrogen-bond donors (Lipinski definition) is 2. The van der Waals surface area contributed by atoms with E-state index in [2.05, 4.69) is 10.6 Å². The van der Waals surface area contributed by atoms with E-state index in [9.17, 15) is 4.79 Å². The molecule has 0 spiro atoms. The van der Waals surface area contributed by atoms with Gasteiger partial charge in [0.15, 0.2) is 0 Å². The van der Waals surface area contributed by atoms with Gasteiger partial charge >= 0.3 is 0 Å². The first-order chi connectivity index (χ1) is 8.83. The van der Waals surface area contributed by atoms with E-state index in [1.165, 1.54) is 0 Å². The standard InChI is InChI=1S/C14H20N2O2.ClH/c1-2-18-10-9-16-14(17)12-5-3-7-13-11(12)6-4-8-15-13;/h3,5,7,15H,2,4,6,8-10H2,1H3,(H,16,17);1H. The summed E-state index contributed by atoms with van der Waals surface area (Å²) in [6.45, 7) is 4.74. The van der Waals surface area contributed by atoms with Crippen LogP contribution in [-0.2, 0) is 11.2 Å². The third-order valence-corrected chi connectivity index (χ3v) is 3.08. The molecule has 1 heterocycles. The number of nitrogens with one attached hydrogen (secondary N) is 2. The molecule has 0 aliphatic carbocycles. The Morgan fingerprint density at radius 1 is 1.47 bits per heavy atom. The molecule has 19 heavy (non-hydrogen) atoms. The van der Waals surface area contributed by atoms with Crippen molar-refractivity contribution in [2.24, 2.45) is 0 Å². The smallest absolute Gasteiger partial charge is 0.251 e. The van der Waals surface area contributed by atoms with Gasteiger partial charge in [-0.15, -0.1) is 12.4 Å². The Kier molecular flexibility index (Phi) is 6.67. The number of halogens is 1. The Balaban J connectivity index is 0.00000180. The van der Waals surface area contributed by atoms with Crippen LogP contribution in [0.3, 0.4) is 0 Å². The molecule has 1 aromatic carbocycles. The van der Waals surface area contributed by atoms with E-state index in [1.54, 1.807) is 0 Å². The lowest BCUT2D eigenvalue weighted by molar-refractivity contribution is 0.0921. The van der Waals surface area contributed by atoms with Crippen molar-refractivity contribution < 1.29 is 9.53 Å². The highest BCUT2D eigenvalue weighted by Gasteiger charge is 2.16. The summed E-state index contributed by atoms with van der Waals surface area (Å²) in [4.78, 5) is 12.1. The van der Waals surface area contributed by atoms with Crippen LogP contribution in [0.4, 0.5) is 5.69 Å². The van der Waals surface area contributed by atoms with Crippen molar-refractivity contribution >= 4 is 24.0 Å². The molecule has 2 N–H and O–H groups in total. The highest BCUT2D eigenvalue weighted by Crippen LogP contribution is 2.25. The van der Waals surface area contributed by atoms with Crippen LogP contribution in [0.1, 0.15) is 29.3 Å². The van der Waals surface area contributed by atoms with Crippen molar-refractivity contribution in [2.45, 2.75) is 19.8 Å². The van der Waals surface area contributed by atoms with Crippen LogP contribution < -0.4 is 10.6 Å². The number of anilines is 1. The number of benzene rings is 1. The lowest BCUT2D eigenvalue weighted by Gasteiger charge is -2.20. The van der Waals surface area contributed by atoms with Gasteiger partial charge in [0.25, 0.3) is 5.91 Å². The Morgan fingerprint density at radius 3 is 3.11 bits per heavy atom. The first-order valence-electron chi connectivity index (χ1n) is 6.54. The fourth-order valence-corrected chi connectivity index (χ4v) is 2.20. The van der Waals surface area contributed by atoms with Gasteiger partial charge in [0, 0.05) is 30.9 Å². The van der Waals surface area contributed by atoms with E-state index in [4.69, 9.17) is 4.74 Å². The highest BCUT2D eigenvalue weighted by molar-refractivity contribution is 5.97. The number of rotatable bonds is 5. The van der Waals surface area contributed by atoms with Gasteiger partial charge in [0.2, 0.25) is 0 Å². The molecule has 1 aromatic rings. The van der Waals surface area contributed by atoms with Crippen LogP contribution in [0.15, 0.2) is 18.2 Å². The highest BCUT2D eigenvalue weighted by atomic mass is 35.5. The minimum Gasteiger partial charge on any atom is -0.385 e. The monoisotopic (exact) mass is 284 g/mol. The molecule has 0 fully saturated rings. The fraction of sp³-hybridized carbons (Fsp3) is 0.500. The molecule has 4 nitrogen and oxygen atoms in total. The molecular weight excluding hydrogens is 264 g/mol. The van der Waals surface area contributed by atoms with Gasteiger partial charge in [0.05, 0.1) is 6.61 Å². The van der Waals surface area contributed by atoms with Crippen molar-refractivity contribution in [1.29, 1.82) is 0 Å². The Labute approximate surface area is 120 Å². The molecule has 5 heteroatoms. The van der Waals surface area contributed by atoms with Crippen LogP contribution in [0.25, 0.3) is 0 Å². The summed E-state index contributed by atoms with van der Waals surface area (Å²) in [6, 6.07) is 5.85. The fourth-order valence-electron chi connectivity index (χ4n) is 2.20. The molecule has 0 aromatic heterocycles. The zero-order valence-corrected chi connectivity index (χ0v) is 12.0. The molecule has 0 saturated heterocycles. The van der Waals surface area contributed by atoms with Crippen LogP contribution in [0, 0.1) is 0 Å². The van der Waals surface area contributed by atoms with Gasteiger partial charge in [0.1, 0.15) is 0 Å². The second-order valence-corrected chi connectivity index (χ2v) is 4.31. The van der Waals surface area contributed by atoms with Gasteiger partial charge in [-0.05, 0) is 37.5 Å². The molecule has 1 aliphatic heterocycles. The molecule has 106 valence electrons. The minimum atomic E-state index is -0.00440. The van der Waals surface area contributed by atoms with Crippen LogP contribution in [0.2, 0.25) is 0 Å². The van der Waals surface area contributed by atoms with E-state index in [0.717, 1.165) is 36.2 Å². The molecule has 1 amide bonds. The molecule has 0 radical (unpaired) electrons. The number of carbonyl (C=O) groups is 1. The molecule has 0 atom stereocenters. The van der Waals surface area contributed by atoms with E-state index < -0.39 is 0 Å². The zero-order chi connectivity index (χ0) is 12.8. The van der Waals surface area contributed by atoms with Crippen molar-refractivity contribution in [1.82, 2.24) is 5.32 Å². The molecule has 2 rings (SSSR count). The van der Waals surface area contributed by atoms with E-state index in [0.29, 0.717) is 19.8 Å². The van der Waals surface area contributed by atoms with Gasteiger partial charge < -0.3 is 15.4 Å². The summed E-state index contributed by atoms with van der Waals surface area (Å²) in [5.74, 6) is -0.00440. The summed E-state index contributed by atoms with van der Waals surface area (Å²) in [7, 11) is 0. The normalized spacial score (nSPS) is 12.9. The minimum absolute atomic E-state index is 0. The van der Waals surface area contributed by atoms with Crippen LogP contribution in [-0.4, -0.2) is 32.2 Å². The van der Waals surface area contributed by atoms with Crippen LogP contribution in [0.5, 0.6) is 0 Å². The van der Waals surface area contributed by atoms with Crippen molar-refractivity contribution in [3.63, 3.8) is 0 Å². The van der Waals surface area contributed by atoms with Gasteiger partial charge in [-0.25, -0.2) is 0 Å². The quantitative estimate of drug-likeness (QED) is 0.815. The Morgan fingerprint density at radius 2 is 2.32 bits per heavy atom. The second kappa shape index (κ2) is 8.02. The lowest BCUT2D eigenvalue weighted by Crippen LogP contribution is -2.29. The van der Waals surface area contributed by atoms with E-state index in [-0.39, 0.29) is 18.3 Å². The number of hydrogen-bond acceptors (Lipinski definition) is 3. The molecule has 1 aliphatic rings. The zero-order valence-electron chi connectivity index (χ0n) is 11.2. The average Bonchev–Trinajstić information content (AvgIpc) is 2.43. The Bertz CT molecular complexity index is 424. The first-order valence-corrected chi connectivity index (χ1v) is 6.54. The number of ether oxygens (including phenoxy) is 1. The number of amides is 1. The predicted octanol–water partition coefficient (Wildman–Crippen LogP) is 2.23. The van der Waals surface area contributed by atoms with E-state index >= 15 is 0 Å². The summed E-state index contributed by atoms with van der Waals surface area (Å²) in [5.41, 5.74) is 3.02. The summed E-state index contributed by atoms with van der Waals surface area (Å²) < 4.78 is 5.21. The van der Waals surface area contributed by atoms with Gasteiger partial charge in [-0.2, -0.15) is 0 Å². The third kappa shape index (κ3) is 4.11. The van der Waals surface area contributed by atoms with Crippen molar-refractivity contribution in [2.75, 3.05) is 31.6 Å². The number of carbonyl (C=O) groups excluding carboxylic acids is 1. The average molecular weight is 285 g/mol. The summed E-state index contributed by atoms with van der Waals surface area (Å²) in [5, 5.41) is 6.22.